The number of amides is 1. The van der Waals surface area contributed by atoms with Crippen LogP contribution in [-0.4, -0.2) is 158 Å². The Labute approximate surface area is 640 Å². The lowest BCUT2D eigenvalue weighted by atomic mass is 9.93. The molecule has 1 N–H and O–H groups in total. The van der Waals surface area contributed by atoms with Crippen molar-refractivity contribution in [1.29, 1.82) is 0 Å². The van der Waals surface area contributed by atoms with Crippen LogP contribution in [0, 0.1) is 10.8 Å². The summed E-state index contributed by atoms with van der Waals surface area (Å²) in [6.45, 7) is 14.3. The van der Waals surface area contributed by atoms with Crippen molar-refractivity contribution in [2.75, 3.05) is 26.4 Å². The third-order valence-corrected chi connectivity index (χ3v) is 18.0. The van der Waals surface area contributed by atoms with E-state index >= 15 is 4.79 Å². The summed E-state index contributed by atoms with van der Waals surface area (Å²) >= 11 is 19.4. The van der Waals surface area contributed by atoms with Gasteiger partial charge in [0.15, 0.2) is 43.3 Å². The average Bonchev–Trinajstić information content (AvgIpc) is 0.762. The number of benzene rings is 6. The van der Waals surface area contributed by atoms with E-state index in [1.54, 1.807) is 65.8 Å². The Hall–Kier alpha value is -7.49. The summed E-state index contributed by atoms with van der Waals surface area (Å²) < 4.78 is 100. The van der Waals surface area contributed by atoms with Gasteiger partial charge in [-0.05, 0) is 101 Å². The van der Waals surface area contributed by atoms with E-state index in [0.717, 1.165) is 22.3 Å². The molecular weight excluding hydrogens is 1440 g/mol. The number of rotatable bonds is 36. The largest absolute Gasteiger partial charge is 0.455 e. The highest BCUT2D eigenvalue weighted by Gasteiger charge is 2.60. The second-order valence-electron chi connectivity index (χ2n) is 28.3. The van der Waals surface area contributed by atoms with Gasteiger partial charge in [0.05, 0.1) is 82.3 Å². The molecule has 15 atom stereocenters. The molecule has 3 heterocycles. The number of nitrogens with one attached hydrogen (secondary N) is 1. The lowest BCUT2D eigenvalue weighted by Crippen LogP contribution is -2.71. The summed E-state index contributed by atoms with van der Waals surface area (Å²) in [6, 6.07) is 52.3. The normalized spacial score (nSPS) is 24.6. The molecule has 576 valence electrons. The Morgan fingerprint density at radius 2 is 0.841 bits per heavy atom. The van der Waals surface area contributed by atoms with Crippen LogP contribution in [0.3, 0.4) is 0 Å². The minimum atomic E-state index is -2.75. The Balaban J connectivity index is 1.26. The van der Waals surface area contributed by atoms with Crippen molar-refractivity contribution in [3.05, 3.63) is 228 Å². The maximum absolute atomic E-state index is 15.3. The molecule has 22 nitrogen and oxygen atoms in total. The summed E-state index contributed by atoms with van der Waals surface area (Å²) in [5, 5.41) is 2.69. The van der Waals surface area contributed by atoms with Gasteiger partial charge in [-0.25, -0.2) is 4.79 Å². The van der Waals surface area contributed by atoms with Crippen molar-refractivity contribution < 1.29 is 99.8 Å². The molecular formula is C82H96Cl3NO21. The van der Waals surface area contributed by atoms with Gasteiger partial charge in [0.1, 0.15) is 54.6 Å². The summed E-state index contributed by atoms with van der Waals surface area (Å²) in [5.41, 5.74) is 1.37. The van der Waals surface area contributed by atoms with Gasteiger partial charge in [0, 0.05) is 6.42 Å². The number of Topliss-reactive ketones (excluding diaryl/α,β-unsaturated/α-hetero) is 1. The first-order chi connectivity index (χ1) is 51.3. The first-order valence-electron chi connectivity index (χ1n) is 35.7. The fraction of sp³-hybridized carbons (Fsp3) is 0.463. The number of esters is 4. The average molecular weight is 1540 g/mol. The molecule has 0 aromatic heterocycles. The zero-order valence-corrected chi connectivity index (χ0v) is 63.4. The number of ether oxygens (including phenoxy) is 15. The lowest BCUT2D eigenvalue weighted by molar-refractivity contribution is -0.383. The SMILES string of the molecule is C=CCCCO[C@@H]1O[C@H](COCc2ccccc2)[C@@H](O[C@@H]2O[C@H](COCc3ccccc3)[C@H](OCc3ccccc3)[C@H](O[C@@H]3O[C@H](COCc4ccccc4)[C@@H](OC(=O)CCC(C)=O)[C@H](OC(=O)c4ccccc4)[C@H]3NC(=O)C(Cl)(Cl)Cl)[C@H]2OC(=O)C(C)(C)C)[C@H](OCc2ccccc2)[C@H]1OC(=O)C(C)(C)C. The van der Waals surface area contributed by atoms with Crippen molar-refractivity contribution in [2.45, 2.75) is 203 Å². The molecule has 0 unspecified atom stereocenters. The van der Waals surface area contributed by atoms with Crippen molar-refractivity contribution >= 4 is 70.4 Å². The van der Waals surface area contributed by atoms with Crippen LogP contribution in [0.15, 0.2) is 195 Å². The molecule has 0 radical (unpaired) electrons. The summed E-state index contributed by atoms with van der Waals surface area (Å²) in [7, 11) is 0. The molecule has 6 aromatic rings. The van der Waals surface area contributed by atoms with E-state index in [1.807, 2.05) is 152 Å². The summed E-state index contributed by atoms with van der Waals surface area (Å²) in [6.07, 6.45) is -19.8. The molecule has 0 saturated carbocycles. The van der Waals surface area contributed by atoms with E-state index in [9.17, 15) is 24.0 Å². The lowest BCUT2D eigenvalue weighted by Gasteiger charge is -2.51. The molecule has 107 heavy (non-hydrogen) atoms. The third-order valence-electron chi connectivity index (χ3n) is 17.5. The highest BCUT2D eigenvalue weighted by molar-refractivity contribution is 6.76. The number of hydrogen-bond acceptors (Lipinski definition) is 21. The van der Waals surface area contributed by atoms with E-state index in [1.165, 1.54) is 19.1 Å². The van der Waals surface area contributed by atoms with Crippen LogP contribution in [0.5, 0.6) is 0 Å². The zero-order valence-electron chi connectivity index (χ0n) is 61.2. The molecule has 0 aliphatic carbocycles. The van der Waals surface area contributed by atoms with Crippen LogP contribution in [-0.2, 0) is 128 Å². The van der Waals surface area contributed by atoms with Crippen LogP contribution in [0.1, 0.15) is 112 Å². The van der Waals surface area contributed by atoms with Crippen LogP contribution >= 0.6 is 34.8 Å². The highest BCUT2D eigenvalue weighted by atomic mass is 35.6. The van der Waals surface area contributed by atoms with Crippen LogP contribution in [0.2, 0.25) is 0 Å². The van der Waals surface area contributed by atoms with E-state index in [2.05, 4.69) is 11.9 Å². The molecule has 3 saturated heterocycles. The molecule has 25 heteroatoms. The van der Waals surface area contributed by atoms with Crippen molar-refractivity contribution in [2.24, 2.45) is 10.8 Å². The number of ketones is 1. The second-order valence-corrected chi connectivity index (χ2v) is 30.6. The predicted molar refractivity (Wildman–Crippen MR) is 396 cm³/mol. The molecule has 1 amide bonds. The van der Waals surface area contributed by atoms with Crippen molar-refractivity contribution in [1.82, 2.24) is 5.32 Å². The van der Waals surface area contributed by atoms with Gasteiger partial charge in [0.2, 0.25) is 0 Å². The number of carbonyl (C=O) groups excluding carboxylic acids is 6. The zero-order chi connectivity index (χ0) is 76.5. The molecule has 3 aliphatic heterocycles. The molecule has 0 spiro atoms. The first kappa shape index (κ1) is 83.5. The fourth-order valence-electron chi connectivity index (χ4n) is 11.8. The van der Waals surface area contributed by atoms with E-state index in [-0.39, 0.29) is 70.6 Å². The minimum Gasteiger partial charge on any atom is -0.455 e. The number of halogens is 3. The van der Waals surface area contributed by atoms with Crippen LogP contribution in [0.4, 0.5) is 0 Å². The quantitative estimate of drug-likeness (QED) is 0.0126. The van der Waals surface area contributed by atoms with Gasteiger partial charge in [-0.2, -0.15) is 0 Å². The Bertz CT molecular complexity index is 3740. The third kappa shape index (κ3) is 25.5. The number of carbonyl (C=O) groups is 6. The van der Waals surface area contributed by atoms with Gasteiger partial charge in [-0.1, -0.05) is 211 Å². The summed E-state index contributed by atoms with van der Waals surface area (Å²) in [5.74, 6) is -4.99. The Morgan fingerprint density at radius 1 is 0.439 bits per heavy atom. The van der Waals surface area contributed by atoms with E-state index < -0.39 is 149 Å². The molecule has 6 aromatic carbocycles. The fourth-order valence-corrected chi connectivity index (χ4v) is 11.9. The maximum atomic E-state index is 15.3. The van der Waals surface area contributed by atoms with Gasteiger partial charge >= 0.3 is 23.9 Å². The Kier molecular flexibility index (Phi) is 31.9. The van der Waals surface area contributed by atoms with E-state index in [4.69, 9.17) is 106 Å². The van der Waals surface area contributed by atoms with Gasteiger partial charge in [-0.15, -0.1) is 6.58 Å². The summed E-state index contributed by atoms with van der Waals surface area (Å²) in [4.78, 5) is 86.1. The molecule has 9 rings (SSSR count). The number of allylic oxidation sites excluding steroid dienone is 1. The topological polar surface area (TPSA) is 253 Å². The minimum absolute atomic E-state index is 0.0234. The van der Waals surface area contributed by atoms with Gasteiger partial charge < -0.3 is 81.2 Å². The van der Waals surface area contributed by atoms with Crippen molar-refractivity contribution in [3.8, 4) is 0 Å². The van der Waals surface area contributed by atoms with Gasteiger partial charge in [-0.3, -0.25) is 19.2 Å². The van der Waals surface area contributed by atoms with Crippen molar-refractivity contribution in [3.63, 3.8) is 0 Å². The first-order valence-corrected chi connectivity index (χ1v) is 36.9. The Morgan fingerprint density at radius 3 is 1.29 bits per heavy atom. The number of unbranched alkanes of at least 4 members (excludes halogenated alkanes) is 1. The smallest absolute Gasteiger partial charge is 0.338 e. The van der Waals surface area contributed by atoms with Crippen LogP contribution < -0.4 is 5.32 Å². The maximum Gasteiger partial charge on any atom is 0.338 e. The molecule has 0 bridgehead atoms. The van der Waals surface area contributed by atoms with E-state index in [0.29, 0.717) is 18.4 Å². The highest BCUT2D eigenvalue weighted by Crippen LogP contribution is 2.41. The van der Waals surface area contributed by atoms with Crippen LogP contribution in [0.25, 0.3) is 0 Å². The predicted octanol–water partition coefficient (Wildman–Crippen LogP) is 13.0. The monoisotopic (exact) mass is 1540 g/mol. The number of alkyl halides is 3. The molecule has 3 aliphatic rings. The second kappa shape index (κ2) is 40.8. The van der Waals surface area contributed by atoms with Gasteiger partial charge in [0.25, 0.3) is 9.70 Å². The standard InChI is InChI=1S/C82H96Cl3NO21/c1-9-10-29-44-96-75-71(106-78(91)80(3,4)5)69(98-49-58-38-25-15-26-39-58)67(62(100-75)52-95-47-56-34-21-13-22-35-56)104-76-72(107-79(92)81(6,7)8)70(65(97-48-57-36-23-14-24-37-57)60(101-76)50-93-45-54-30-17-11-18-31-54)105-74-64(86-77(90)82(83,84)85)68(103-73(89)59-40-27-16-28-41-59)66(102-63(88)43-42-53(2)87)61(99-74)51-94-46-55-32-19-12-20-33-55/h9,11-28,30-41,60-62,64-72,74-76H,1,10,29,42-52H2,2-8H3,(H,86,90)/t60-,61-,62-,64-,65+,66-,67-,68-,69+,70+,71-,72-,74+,75-,76+/m1/s1. The number of hydrogen-bond donors (Lipinski definition) is 1. The molecule has 3 fully saturated rings.